The number of aryl methyl sites for hydroxylation is 2. The van der Waals surface area contributed by atoms with Crippen LogP contribution >= 0.6 is 0 Å². The van der Waals surface area contributed by atoms with Gasteiger partial charge in [0.15, 0.2) is 0 Å². The lowest BCUT2D eigenvalue weighted by Gasteiger charge is -2.06. The van der Waals surface area contributed by atoms with Gasteiger partial charge < -0.3 is 5.11 Å². The molecule has 0 unspecified atom stereocenters. The van der Waals surface area contributed by atoms with E-state index in [-0.39, 0.29) is 17.9 Å². The number of hydrogen-bond donors (Lipinski definition) is 2. The van der Waals surface area contributed by atoms with Crippen LogP contribution in [0.4, 0.5) is 5.69 Å². The number of carbonyl (C=O) groups is 1. The van der Waals surface area contributed by atoms with Gasteiger partial charge in [-0.3, -0.25) is 19.2 Å². The molecule has 2 heterocycles. The highest BCUT2D eigenvalue weighted by Crippen LogP contribution is 2.15. The first-order valence-electron chi connectivity index (χ1n) is 6.06. The Hall–Kier alpha value is -2.42. The second kappa shape index (κ2) is 5.92. The standard InChI is InChI=1S/C12H14N4O4S/c1-9-6-10(2-4-13-9)15-21(19,20)11-7-14-16(8-11)5-3-12(17)18/h2,4,6-8H,3,5H2,1H3,(H,13,15)(H,17,18). The molecule has 8 nitrogen and oxygen atoms in total. The topological polar surface area (TPSA) is 114 Å². The van der Waals surface area contributed by atoms with Crippen LogP contribution in [0.3, 0.4) is 0 Å². The molecule has 9 heteroatoms. The molecule has 0 saturated heterocycles. The Labute approximate surface area is 121 Å². The Bertz CT molecular complexity index is 754. The highest BCUT2D eigenvalue weighted by Gasteiger charge is 2.17. The number of sulfonamides is 1. The molecule has 0 atom stereocenters. The second-order valence-corrected chi connectivity index (χ2v) is 6.06. The summed E-state index contributed by atoms with van der Waals surface area (Å²) in [6, 6.07) is 3.14. The van der Waals surface area contributed by atoms with Gasteiger partial charge in [-0.2, -0.15) is 5.10 Å². The summed E-state index contributed by atoms with van der Waals surface area (Å²) in [6.07, 6.45) is 3.85. The number of carboxylic acids is 1. The molecule has 0 amide bonds. The molecule has 0 radical (unpaired) electrons. The summed E-state index contributed by atoms with van der Waals surface area (Å²) in [5.41, 5.74) is 1.09. The maximum atomic E-state index is 12.2. The van der Waals surface area contributed by atoms with E-state index in [1.807, 2.05) is 0 Å². The third kappa shape index (κ3) is 4.02. The van der Waals surface area contributed by atoms with Crippen LogP contribution in [0.2, 0.25) is 0 Å². The van der Waals surface area contributed by atoms with Crippen molar-refractivity contribution < 1.29 is 18.3 Å². The number of aliphatic carboxylic acids is 1. The minimum Gasteiger partial charge on any atom is -0.481 e. The van der Waals surface area contributed by atoms with Crippen molar-refractivity contribution >= 4 is 21.7 Å². The first-order chi connectivity index (χ1) is 9.87. The lowest BCUT2D eigenvalue weighted by atomic mass is 10.3. The van der Waals surface area contributed by atoms with Gasteiger partial charge in [0, 0.05) is 18.1 Å². The normalized spacial score (nSPS) is 11.3. The molecule has 0 aromatic carbocycles. The zero-order valence-corrected chi connectivity index (χ0v) is 12.0. The molecule has 112 valence electrons. The fourth-order valence-electron chi connectivity index (χ4n) is 1.64. The number of nitrogens with zero attached hydrogens (tertiary/aromatic N) is 3. The zero-order valence-electron chi connectivity index (χ0n) is 11.2. The van der Waals surface area contributed by atoms with Crippen LogP contribution in [-0.2, 0) is 21.4 Å². The van der Waals surface area contributed by atoms with Gasteiger partial charge in [0.2, 0.25) is 0 Å². The van der Waals surface area contributed by atoms with E-state index in [0.29, 0.717) is 11.4 Å². The average molecular weight is 310 g/mol. The number of anilines is 1. The van der Waals surface area contributed by atoms with Crippen molar-refractivity contribution in [2.75, 3.05) is 4.72 Å². The molecule has 2 aromatic heterocycles. The fourth-order valence-corrected chi connectivity index (χ4v) is 2.64. The number of nitrogens with one attached hydrogen (secondary N) is 1. The zero-order chi connectivity index (χ0) is 15.5. The van der Waals surface area contributed by atoms with Gasteiger partial charge in [-0.25, -0.2) is 8.42 Å². The SMILES string of the molecule is Cc1cc(NS(=O)(=O)c2cnn(CCC(=O)O)c2)ccn1. The van der Waals surface area contributed by atoms with Crippen LogP contribution in [0.1, 0.15) is 12.1 Å². The van der Waals surface area contributed by atoms with Gasteiger partial charge in [-0.05, 0) is 19.1 Å². The van der Waals surface area contributed by atoms with Gasteiger partial charge in [-0.1, -0.05) is 0 Å². The number of pyridine rings is 1. The number of aromatic nitrogens is 3. The van der Waals surface area contributed by atoms with Crippen LogP contribution in [0.25, 0.3) is 0 Å². The van der Waals surface area contributed by atoms with E-state index >= 15 is 0 Å². The van der Waals surface area contributed by atoms with Crippen molar-refractivity contribution in [2.45, 2.75) is 24.8 Å². The first kappa shape index (κ1) is 15.0. The third-order valence-electron chi connectivity index (χ3n) is 2.62. The lowest BCUT2D eigenvalue weighted by Crippen LogP contribution is -2.12. The van der Waals surface area contributed by atoms with E-state index in [9.17, 15) is 13.2 Å². The van der Waals surface area contributed by atoms with Gasteiger partial charge >= 0.3 is 5.97 Å². The highest BCUT2D eigenvalue weighted by atomic mass is 32.2. The second-order valence-electron chi connectivity index (χ2n) is 4.37. The molecule has 2 aromatic rings. The summed E-state index contributed by atoms with van der Waals surface area (Å²) >= 11 is 0. The molecule has 0 bridgehead atoms. The molecule has 0 aliphatic heterocycles. The Morgan fingerprint density at radius 3 is 2.90 bits per heavy atom. The van der Waals surface area contributed by atoms with E-state index in [0.717, 1.165) is 0 Å². The number of carboxylic acid groups (broad SMARTS) is 1. The Morgan fingerprint density at radius 1 is 1.48 bits per heavy atom. The van der Waals surface area contributed by atoms with Crippen molar-refractivity contribution in [3.8, 4) is 0 Å². The summed E-state index contributed by atoms with van der Waals surface area (Å²) in [5.74, 6) is -0.972. The molecule has 21 heavy (non-hydrogen) atoms. The molecule has 0 fully saturated rings. The van der Waals surface area contributed by atoms with E-state index in [1.54, 1.807) is 19.1 Å². The number of rotatable bonds is 6. The monoisotopic (exact) mass is 310 g/mol. The molecule has 0 aliphatic carbocycles. The minimum absolute atomic E-state index is 0.0256. The fraction of sp³-hybridized carbons (Fsp3) is 0.250. The van der Waals surface area contributed by atoms with Crippen molar-refractivity contribution in [3.63, 3.8) is 0 Å². The average Bonchev–Trinajstić information content (AvgIpc) is 2.85. The summed E-state index contributed by atoms with van der Waals surface area (Å²) in [7, 11) is -3.76. The molecular formula is C12H14N4O4S. The van der Waals surface area contributed by atoms with Gasteiger partial charge in [0.05, 0.1) is 24.8 Å². The Balaban J connectivity index is 2.14. The van der Waals surface area contributed by atoms with Crippen molar-refractivity contribution in [2.24, 2.45) is 0 Å². The van der Waals surface area contributed by atoms with Crippen molar-refractivity contribution in [3.05, 3.63) is 36.4 Å². The summed E-state index contributed by atoms with van der Waals surface area (Å²) < 4.78 is 28.0. The highest BCUT2D eigenvalue weighted by molar-refractivity contribution is 7.92. The van der Waals surface area contributed by atoms with Crippen LogP contribution in [0.15, 0.2) is 35.6 Å². The van der Waals surface area contributed by atoms with Gasteiger partial charge in [0.25, 0.3) is 10.0 Å². The molecular weight excluding hydrogens is 296 g/mol. The van der Waals surface area contributed by atoms with Crippen LogP contribution in [0, 0.1) is 6.92 Å². The summed E-state index contributed by atoms with van der Waals surface area (Å²) in [4.78, 5) is 14.4. The Morgan fingerprint density at radius 2 is 2.24 bits per heavy atom. The third-order valence-corrected chi connectivity index (χ3v) is 3.96. The summed E-state index contributed by atoms with van der Waals surface area (Å²) in [5, 5.41) is 12.4. The quantitative estimate of drug-likeness (QED) is 0.818. The van der Waals surface area contributed by atoms with E-state index < -0.39 is 16.0 Å². The van der Waals surface area contributed by atoms with Gasteiger partial charge in [0.1, 0.15) is 4.90 Å². The van der Waals surface area contributed by atoms with Crippen LogP contribution in [0.5, 0.6) is 0 Å². The maximum absolute atomic E-state index is 12.2. The molecule has 0 spiro atoms. The van der Waals surface area contributed by atoms with E-state index in [4.69, 9.17) is 5.11 Å². The first-order valence-corrected chi connectivity index (χ1v) is 7.55. The minimum atomic E-state index is -3.76. The summed E-state index contributed by atoms with van der Waals surface area (Å²) in [6.45, 7) is 1.86. The maximum Gasteiger partial charge on any atom is 0.305 e. The molecule has 2 N–H and O–H groups in total. The van der Waals surface area contributed by atoms with E-state index in [1.165, 1.54) is 23.3 Å². The van der Waals surface area contributed by atoms with Crippen LogP contribution in [-0.4, -0.2) is 34.3 Å². The van der Waals surface area contributed by atoms with Crippen LogP contribution < -0.4 is 4.72 Å². The van der Waals surface area contributed by atoms with E-state index in [2.05, 4.69) is 14.8 Å². The smallest absolute Gasteiger partial charge is 0.305 e. The molecule has 2 rings (SSSR count). The molecule has 0 saturated carbocycles. The lowest BCUT2D eigenvalue weighted by molar-refractivity contribution is -0.137. The largest absolute Gasteiger partial charge is 0.481 e. The molecule has 0 aliphatic rings. The predicted molar refractivity (Wildman–Crippen MR) is 74.3 cm³/mol. The van der Waals surface area contributed by atoms with Crippen molar-refractivity contribution in [1.29, 1.82) is 0 Å². The Kier molecular flexibility index (Phi) is 4.22. The van der Waals surface area contributed by atoms with Gasteiger partial charge in [-0.15, -0.1) is 0 Å². The number of hydrogen-bond acceptors (Lipinski definition) is 5. The van der Waals surface area contributed by atoms with Crippen molar-refractivity contribution in [1.82, 2.24) is 14.8 Å². The predicted octanol–water partition coefficient (Wildman–Crippen LogP) is 0.862.